The molecule has 5 unspecified atom stereocenters. The van der Waals surface area contributed by atoms with Crippen LogP contribution in [-0.2, 0) is 54.7 Å². The number of nitrogen functional groups attached to an aromatic ring is 1. The summed E-state index contributed by atoms with van der Waals surface area (Å²) in [6.07, 6.45) is -6.72. The van der Waals surface area contributed by atoms with Gasteiger partial charge in [0, 0.05) is 25.8 Å². The Kier molecular flexibility index (Phi) is 11.7. The first-order valence-corrected chi connectivity index (χ1v) is 19.9. The number of ether oxygens (including phenoxy) is 3. The van der Waals surface area contributed by atoms with Gasteiger partial charge >= 0.3 is 37.0 Å². The molecule has 2 fully saturated rings. The van der Waals surface area contributed by atoms with Crippen LogP contribution in [0.1, 0.15) is 18.9 Å². The van der Waals surface area contributed by atoms with Crippen LogP contribution < -0.4 is 17.0 Å². The number of aliphatic hydroxyl groups is 1. The molecule has 5 heterocycles. The molecule has 0 spiro atoms. The van der Waals surface area contributed by atoms with Crippen molar-refractivity contribution >= 4 is 48.3 Å². The summed E-state index contributed by atoms with van der Waals surface area (Å²) >= 11 is 0. The summed E-state index contributed by atoms with van der Waals surface area (Å²) in [5.74, 6) is 0.0915. The van der Waals surface area contributed by atoms with Crippen LogP contribution in [0.2, 0.25) is 0 Å². The third kappa shape index (κ3) is 9.69. The van der Waals surface area contributed by atoms with Crippen molar-refractivity contribution in [1.82, 2.24) is 29.1 Å². The summed E-state index contributed by atoms with van der Waals surface area (Å²) in [7, 11) is -21.6. The van der Waals surface area contributed by atoms with E-state index in [1.165, 1.54) is 17.2 Å². The normalized spacial score (nSPS) is 29.1. The minimum atomic E-state index is -5.93. The summed E-state index contributed by atoms with van der Waals surface area (Å²) in [4.78, 5) is 85.6. The van der Waals surface area contributed by atoms with Gasteiger partial charge in [0.2, 0.25) is 0 Å². The molecule has 31 heteroatoms. The molecule has 5 rings (SSSR count). The monoisotopic (exact) mass is 811 g/mol. The molecule has 0 bridgehead atoms. The molecule has 3 aromatic heterocycles. The van der Waals surface area contributed by atoms with Gasteiger partial charge in [-0.2, -0.15) is 8.62 Å². The van der Waals surface area contributed by atoms with E-state index >= 15 is 0 Å². The second kappa shape index (κ2) is 15.0. The first-order valence-electron chi connectivity index (χ1n) is 13.9. The Morgan fingerprint density at radius 1 is 0.922 bits per heavy atom. The lowest BCUT2D eigenvalue weighted by Crippen LogP contribution is -2.40. The minimum Gasteiger partial charge on any atom is -0.390 e. The fourth-order valence-electron chi connectivity index (χ4n) is 5.01. The van der Waals surface area contributed by atoms with E-state index in [1.54, 1.807) is 0 Å². The Hall–Kier alpha value is -2.61. The third-order valence-corrected chi connectivity index (χ3v) is 11.8. The molecule has 2 aliphatic heterocycles. The number of rotatable bonds is 15. The summed E-state index contributed by atoms with van der Waals surface area (Å²) in [6.45, 7) is -1.97. The fraction of sp³-hybridized carbons (Fsp3) is 0.550. The molecule has 2 aliphatic rings. The lowest BCUT2D eigenvalue weighted by Gasteiger charge is -2.26. The van der Waals surface area contributed by atoms with Crippen LogP contribution in [0.15, 0.2) is 34.5 Å². The van der Waals surface area contributed by atoms with E-state index in [-0.39, 0.29) is 23.4 Å². The van der Waals surface area contributed by atoms with Crippen molar-refractivity contribution in [3.63, 3.8) is 0 Å². The Labute approximate surface area is 282 Å². The topological polar surface area (TPSA) is 388 Å². The standard InChI is InChI=1S/C20H29N7O20P4/c1-40-16-15(45-49(34,35)41-5-10-9(28)4-13(43-10)27-8-24-14-17(21)22-7-23-18(14)27)11(44-19(16)26-3-2-12(29)25-20(26)30)6-42-50(36,37)47-51(38,39)46-48(31,32)33/h2-3,7-11,13,15-16,19,28H,4-6H2,1H3,(H,34,35)(H,36,37)(H,38,39)(H2,21,22,23)(H,25,29,30)(H2,31,32,33)/t9?,10-,11-,13-,15?,16+,19-/m1/s1. The number of methoxy groups -OCH3 is 1. The quantitative estimate of drug-likeness (QED) is 0.0798. The van der Waals surface area contributed by atoms with E-state index in [2.05, 4.69) is 28.1 Å². The molecule has 0 radical (unpaired) electrons. The maximum Gasteiger partial charge on any atom is 0.490 e. The highest BCUT2D eigenvalue weighted by Crippen LogP contribution is 2.66. The third-order valence-electron chi connectivity index (χ3n) is 7.06. The predicted octanol–water partition coefficient (Wildman–Crippen LogP) is -1.63. The molecular formula is C20H29N7O20P4. The van der Waals surface area contributed by atoms with Gasteiger partial charge in [-0.25, -0.2) is 38.0 Å². The lowest BCUT2D eigenvalue weighted by molar-refractivity contribution is -0.0619. The van der Waals surface area contributed by atoms with E-state index in [4.69, 9.17) is 38.8 Å². The molecule has 0 aromatic carbocycles. The number of nitrogens with two attached hydrogens (primary N) is 1. The van der Waals surface area contributed by atoms with Gasteiger partial charge in [-0.1, -0.05) is 0 Å². The molecule has 0 aliphatic carbocycles. The fourth-order valence-corrected chi connectivity index (χ4v) is 9.00. The minimum absolute atomic E-state index is 0.0412. The highest BCUT2D eigenvalue weighted by atomic mass is 31.3. The van der Waals surface area contributed by atoms with Crippen LogP contribution >= 0.6 is 31.3 Å². The number of nitrogens with zero attached hydrogens (tertiary/aromatic N) is 5. The summed E-state index contributed by atoms with van der Waals surface area (Å²) in [5.41, 5.74) is 4.47. The number of phosphoric ester groups is 2. The van der Waals surface area contributed by atoms with Crippen molar-refractivity contribution < 1.29 is 84.2 Å². The van der Waals surface area contributed by atoms with Gasteiger partial charge in [-0.15, -0.1) is 0 Å². The number of H-pyrrole nitrogens is 1. The molecule has 10 atom stereocenters. The molecule has 2 saturated heterocycles. The molecule has 27 nitrogen and oxygen atoms in total. The zero-order chi connectivity index (χ0) is 37.5. The van der Waals surface area contributed by atoms with Gasteiger partial charge in [0.25, 0.3) is 5.56 Å². The largest absolute Gasteiger partial charge is 0.490 e. The zero-order valence-corrected chi connectivity index (χ0v) is 29.1. The van der Waals surface area contributed by atoms with Gasteiger partial charge in [0.05, 0.1) is 25.6 Å². The van der Waals surface area contributed by atoms with Crippen LogP contribution in [0.4, 0.5) is 5.82 Å². The van der Waals surface area contributed by atoms with Crippen LogP contribution in [0.25, 0.3) is 11.2 Å². The maximum atomic E-state index is 13.2. The summed E-state index contributed by atoms with van der Waals surface area (Å²) in [5, 5.41) is 10.6. The van der Waals surface area contributed by atoms with Crippen LogP contribution in [0.5, 0.6) is 0 Å². The highest BCUT2D eigenvalue weighted by molar-refractivity contribution is 7.66. The number of aromatic amines is 1. The number of aliphatic hydroxyl groups excluding tert-OH is 1. The first kappa shape index (κ1) is 39.6. The molecule has 3 aromatic rings. The number of phosphoric acid groups is 4. The van der Waals surface area contributed by atoms with E-state index in [9.17, 15) is 47.6 Å². The van der Waals surface area contributed by atoms with E-state index in [1.807, 2.05) is 4.98 Å². The van der Waals surface area contributed by atoms with Crippen molar-refractivity contribution in [2.45, 2.75) is 49.4 Å². The number of fused-ring (bicyclic) bond motifs is 1. The zero-order valence-electron chi connectivity index (χ0n) is 25.5. The van der Waals surface area contributed by atoms with Crippen LogP contribution in [0.3, 0.4) is 0 Å². The smallest absolute Gasteiger partial charge is 0.390 e. The lowest BCUT2D eigenvalue weighted by atomic mass is 10.1. The predicted molar refractivity (Wildman–Crippen MR) is 161 cm³/mol. The van der Waals surface area contributed by atoms with E-state index in [0.717, 1.165) is 23.9 Å². The average Bonchev–Trinajstić information content (AvgIpc) is 3.68. The van der Waals surface area contributed by atoms with Crippen molar-refractivity contribution in [3.8, 4) is 0 Å². The first-order chi connectivity index (χ1) is 23.7. The van der Waals surface area contributed by atoms with Crippen LogP contribution in [0, 0.1) is 0 Å². The number of hydrogen-bond donors (Lipinski definition) is 8. The van der Waals surface area contributed by atoms with Crippen LogP contribution in [-0.4, -0.2) is 109 Å². The number of aromatic nitrogens is 6. The maximum absolute atomic E-state index is 13.2. The second-order valence-electron chi connectivity index (χ2n) is 10.5. The molecule has 9 N–H and O–H groups in total. The molecule has 51 heavy (non-hydrogen) atoms. The van der Waals surface area contributed by atoms with Crippen molar-refractivity contribution in [3.05, 3.63) is 45.8 Å². The number of imidazole rings is 1. The van der Waals surface area contributed by atoms with Crippen molar-refractivity contribution in [2.24, 2.45) is 0 Å². The van der Waals surface area contributed by atoms with E-state index in [0.29, 0.717) is 0 Å². The van der Waals surface area contributed by atoms with Crippen molar-refractivity contribution in [2.75, 3.05) is 26.1 Å². The molecule has 284 valence electrons. The molecular weight excluding hydrogens is 782 g/mol. The highest BCUT2D eigenvalue weighted by Gasteiger charge is 2.52. The van der Waals surface area contributed by atoms with Gasteiger partial charge in [0.1, 0.15) is 42.5 Å². The average molecular weight is 811 g/mol. The van der Waals surface area contributed by atoms with Gasteiger partial charge < -0.3 is 49.5 Å². The Bertz CT molecular complexity index is 2050. The Morgan fingerprint density at radius 3 is 2.27 bits per heavy atom. The molecule has 0 saturated carbocycles. The van der Waals surface area contributed by atoms with Gasteiger partial charge in [0.15, 0.2) is 17.7 Å². The SMILES string of the molecule is CO[C@H]1C(OP(=O)(O)OC[C@H]2O[C@@H](n3cnc4c(N)ncnc43)CC2O)[C@@H](COP(=O)(O)OP(=O)(O)OP(=O)(O)O)O[C@H]1n1ccc(=O)[nH]c1=O. The van der Waals surface area contributed by atoms with E-state index < -0.39 is 98.7 Å². The van der Waals surface area contributed by atoms with Gasteiger partial charge in [-0.3, -0.25) is 32.5 Å². The number of nitrogens with one attached hydrogen (secondary N) is 1. The Balaban J connectivity index is 1.31. The molecule has 0 amide bonds. The van der Waals surface area contributed by atoms with Gasteiger partial charge in [-0.05, 0) is 0 Å². The summed E-state index contributed by atoms with van der Waals surface area (Å²) < 4.78 is 89.5. The number of hydrogen-bond acceptors (Lipinski definition) is 19. The van der Waals surface area contributed by atoms with Crippen molar-refractivity contribution in [1.29, 1.82) is 0 Å². The second-order valence-corrected chi connectivity index (χ2v) is 16.3. The Morgan fingerprint density at radius 2 is 1.61 bits per heavy atom. The summed E-state index contributed by atoms with van der Waals surface area (Å²) in [6, 6.07) is 0.904. The number of anilines is 1.